The quantitative estimate of drug-likeness (QED) is 0.394. The standard InChI is InChI=1S/C26H25ClN4O3S/c27-21-7-2-1-6-20(21)22-9-8-19(34-22)5-3-4-17-11-14-31(15-12-17)25-28-13-10-18(29-25)16-23-24(32)30-26(33)35-23/h1-2,6-10,13,16-17H,3-5,11-12,14-15H2,(H,30,32,33)/b23-16-. The molecule has 3 aromatic rings. The molecule has 0 aliphatic carbocycles. The topological polar surface area (TPSA) is 88.3 Å². The molecule has 0 spiro atoms. The average Bonchev–Trinajstić information content (AvgIpc) is 3.45. The molecule has 1 N–H and O–H groups in total. The van der Waals surface area contributed by atoms with Crippen molar-refractivity contribution in [3.8, 4) is 11.3 Å². The molecule has 0 saturated carbocycles. The number of amides is 2. The normalized spacial score (nSPS) is 17.9. The van der Waals surface area contributed by atoms with Gasteiger partial charge >= 0.3 is 0 Å². The number of hydrogen-bond donors (Lipinski definition) is 1. The summed E-state index contributed by atoms with van der Waals surface area (Å²) in [5.74, 6) is 2.76. The second-order valence-corrected chi connectivity index (χ2v) is 10.1. The van der Waals surface area contributed by atoms with Crippen LogP contribution in [0.15, 0.2) is 58.0 Å². The molecule has 35 heavy (non-hydrogen) atoms. The van der Waals surface area contributed by atoms with Gasteiger partial charge in [-0.2, -0.15) is 0 Å². The lowest BCUT2D eigenvalue weighted by Gasteiger charge is -2.32. The summed E-state index contributed by atoms with van der Waals surface area (Å²) in [6.07, 6.45) is 8.66. The Kier molecular flexibility index (Phi) is 7.20. The number of thioether (sulfide) groups is 1. The summed E-state index contributed by atoms with van der Waals surface area (Å²) in [7, 11) is 0. The first kappa shape index (κ1) is 23.6. The number of carbonyl (C=O) groups is 2. The first-order valence-electron chi connectivity index (χ1n) is 11.7. The number of aromatic nitrogens is 2. The molecule has 2 fully saturated rings. The van der Waals surface area contributed by atoms with Gasteiger partial charge in [0.15, 0.2) is 0 Å². The van der Waals surface area contributed by atoms with E-state index in [1.807, 2.05) is 36.4 Å². The summed E-state index contributed by atoms with van der Waals surface area (Å²) in [4.78, 5) is 34.7. The van der Waals surface area contributed by atoms with Crippen LogP contribution in [0.1, 0.15) is 37.1 Å². The number of furan rings is 1. The van der Waals surface area contributed by atoms with E-state index in [-0.39, 0.29) is 11.1 Å². The van der Waals surface area contributed by atoms with Gasteiger partial charge < -0.3 is 9.32 Å². The van der Waals surface area contributed by atoms with Crippen LogP contribution in [0.5, 0.6) is 0 Å². The smallest absolute Gasteiger partial charge is 0.290 e. The van der Waals surface area contributed by atoms with Crippen molar-refractivity contribution in [2.45, 2.75) is 32.1 Å². The molecular weight excluding hydrogens is 484 g/mol. The van der Waals surface area contributed by atoms with Crippen LogP contribution in [0.3, 0.4) is 0 Å². The van der Waals surface area contributed by atoms with Crippen molar-refractivity contribution in [1.82, 2.24) is 15.3 Å². The van der Waals surface area contributed by atoms with Crippen molar-refractivity contribution in [2.24, 2.45) is 5.92 Å². The van der Waals surface area contributed by atoms with Crippen molar-refractivity contribution in [1.29, 1.82) is 0 Å². The molecule has 4 heterocycles. The molecule has 2 amide bonds. The Labute approximate surface area is 213 Å². The number of benzene rings is 1. The van der Waals surface area contributed by atoms with Crippen LogP contribution in [0.4, 0.5) is 10.7 Å². The Morgan fingerprint density at radius 3 is 2.74 bits per heavy atom. The number of aryl methyl sites for hydroxylation is 1. The summed E-state index contributed by atoms with van der Waals surface area (Å²) in [5, 5.41) is 2.60. The molecule has 5 rings (SSSR count). The largest absolute Gasteiger partial charge is 0.461 e. The predicted octanol–water partition coefficient (Wildman–Crippen LogP) is 5.95. The minimum absolute atomic E-state index is 0.355. The van der Waals surface area contributed by atoms with E-state index in [2.05, 4.69) is 20.2 Å². The summed E-state index contributed by atoms with van der Waals surface area (Å²) >= 11 is 7.17. The first-order valence-corrected chi connectivity index (χ1v) is 12.9. The van der Waals surface area contributed by atoms with Gasteiger partial charge in [-0.1, -0.05) is 23.7 Å². The highest BCUT2D eigenvalue weighted by atomic mass is 35.5. The van der Waals surface area contributed by atoms with Gasteiger partial charge in [0.1, 0.15) is 11.5 Å². The van der Waals surface area contributed by atoms with E-state index in [1.165, 1.54) is 0 Å². The van der Waals surface area contributed by atoms with Crippen LogP contribution in [0, 0.1) is 5.92 Å². The van der Waals surface area contributed by atoms with Crippen molar-refractivity contribution in [2.75, 3.05) is 18.0 Å². The van der Waals surface area contributed by atoms with Crippen LogP contribution in [0.25, 0.3) is 17.4 Å². The molecule has 0 unspecified atom stereocenters. The molecule has 7 nitrogen and oxygen atoms in total. The monoisotopic (exact) mass is 508 g/mol. The number of nitrogens with one attached hydrogen (secondary N) is 1. The van der Waals surface area contributed by atoms with Crippen LogP contribution in [-0.2, 0) is 11.2 Å². The summed E-state index contributed by atoms with van der Waals surface area (Å²) in [6.45, 7) is 1.80. The Morgan fingerprint density at radius 2 is 1.97 bits per heavy atom. The SMILES string of the molecule is O=C1NC(=O)/C(=C/c2ccnc(N3CCC(CCCc4ccc(-c5ccccc5Cl)o4)CC3)n2)S1. The van der Waals surface area contributed by atoms with Crippen LogP contribution < -0.4 is 10.2 Å². The number of anilines is 1. The predicted molar refractivity (Wildman–Crippen MR) is 138 cm³/mol. The van der Waals surface area contributed by atoms with Gasteiger partial charge in [-0.25, -0.2) is 9.97 Å². The lowest BCUT2D eigenvalue weighted by atomic mass is 9.91. The number of piperidine rings is 1. The maximum Gasteiger partial charge on any atom is 0.290 e. The second kappa shape index (κ2) is 10.7. The first-order chi connectivity index (χ1) is 17.0. The van der Waals surface area contributed by atoms with Crippen molar-refractivity contribution in [3.05, 3.63) is 70.0 Å². The van der Waals surface area contributed by atoms with E-state index in [0.717, 1.165) is 74.0 Å². The maximum atomic E-state index is 11.8. The maximum absolute atomic E-state index is 11.8. The third kappa shape index (κ3) is 5.77. The fourth-order valence-electron chi connectivity index (χ4n) is 4.45. The number of nitrogens with zero attached hydrogens (tertiary/aromatic N) is 3. The number of carbonyl (C=O) groups excluding carboxylic acids is 2. The van der Waals surface area contributed by atoms with Crippen LogP contribution in [0.2, 0.25) is 5.02 Å². The molecule has 1 aromatic carbocycles. The molecule has 2 aliphatic rings. The van der Waals surface area contributed by atoms with Gasteiger partial charge in [0, 0.05) is 31.3 Å². The molecule has 2 saturated heterocycles. The number of rotatable bonds is 7. The Balaban J connectivity index is 1.10. The Morgan fingerprint density at radius 1 is 1.14 bits per heavy atom. The molecule has 180 valence electrons. The third-order valence-electron chi connectivity index (χ3n) is 6.32. The highest BCUT2D eigenvalue weighted by Gasteiger charge is 2.26. The van der Waals surface area contributed by atoms with Gasteiger partial charge in [-0.15, -0.1) is 0 Å². The van der Waals surface area contributed by atoms with E-state index in [4.69, 9.17) is 16.0 Å². The molecular formula is C26H25ClN4O3S. The van der Waals surface area contributed by atoms with E-state index >= 15 is 0 Å². The number of halogens is 1. The molecule has 0 bridgehead atoms. The van der Waals surface area contributed by atoms with Gasteiger partial charge in [0.2, 0.25) is 5.95 Å². The fraction of sp³-hybridized carbons (Fsp3) is 0.308. The van der Waals surface area contributed by atoms with Crippen molar-refractivity contribution >= 4 is 46.5 Å². The highest BCUT2D eigenvalue weighted by Crippen LogP contribution is 2.31. The molecule has 2 aliphatic heterocycles. The molecule has 9 heteroatoms. The summed E-state index contributed by atoms with van der Waals surface area (Å²) in [6, 6.07) is 13.5. The Hall–Kier alpha value is -3.10. The number of imide groups is 1. The highest BCUT2D eigenvalue weighted by molar-refractivity contribution is 8.18. The Bertz CT molecular complexity index is 1270. The lowest BCUT2D eigenvalue weighted by molar-refractivity contribution is -0.115. The van der Waals surface area contributed by atoms with Gasteiger partial charge in [0.25, 0.3) is 11.1 Å². The summed E-state index contributed by atoms with van der Waals surface area (Å²) < 4.78 is 6.03. The molecule has 0 radical (unpaired) electrons. The zero-order valence-corrected chi connectivity index (χ0v) is 20.6. The van der Waals surface area contributed by atoms with E-state index < -0.39 is 0 Å². The fourth-order valence-corrected chi connectivity index (χ4v) is 5.35. The summed E-state index contributed by atoms with van der Waals surface area (Å²) in [5.41, 5.74) is 1.55. The van der Waals surface area contributed by atoms with Crippen molar-refractivity contribution < 1.29 is 14.0 Å². The van der Waals surface area contributed by atoms with E-state index in [9.17, 15) is 9.59 Å². The van der Waals surface area contributed by atoms with Gasteiger partial charge in [0.05, 0.1) is 15.6 Å². The zero-order valence-electron chi connectivity index (χ0n) is 19.1. The van der Waals surface area contributed by atoms with Crippen LogP contribution in [-0.4, -0.2) is 34.2 Å². The third-order valence-corrected chi connectivity index (χ3v) is 7.46. The molecule has 2 aromatic heterocycles. The van der Waals surface area contributed by atoms with Crippen LogP contribution >= 0.6 is 23.4 Å². The van der Waals surface area contributed by atoms with Crippen molar-refractivity contribution in [3.63, 3.8) is 0 Å². The minimum atomic E-state index is -0.379. The lowest BCUT2D eigenvalue weighted by Crippen LogP contribution is -2.35. The van der Waals surface area contributed by atoms with E-state index in [1.54, 1.807) is 18.3 Å². The number of hydrogen-bond acceptors (Lipinski definition) is 7. The second-order valence-electron chi connectivity index (χ2n) is 8.70. The average molecular weight is 509 g/mol. The van der Waals surface area contributed by atoms with Gasteiger partial charge in [-0.3, -0.25) is 14.9 Å². The molecule has 0 atom stereocenters. The van der Waals surface area contributed by atoms with Gasteiger partial charge in [-0.05, 0) is 79.8 Å². The van der Waals surface area contributed by atoms with E-state index in [0.29, 0.717) is 27.5 Å². The minimum Gasteiger partial charge on any atom is -0.461 e. The zero-order chi connectivity index (χ0) is 24.2.